The molecule has 0 saturated carbocycles. The molecular weight excluding hydrogens is 356 g/mol. The molecule has 0 unspecified atom stereocenters. The van der Waals surface area contributed by atoms with Gasteiger partial charge < -0.3 is 10.6 Å². The number of hydrazine groups is 2. The smallest absolute Gasteiger partial charge is 0.307 e. The van der Waals surface area contributed by atoms with Gasteiger partial charge in [-0.2, -0.15) is 10.0 Å². The number of urea groups is 2. The van der Waals surface area contributed by atoms with E-state index in [1.54, 1.807) is 0 Å². The van der Waals surface area contributed by atoms with Crippen molar-refractivity contribution in [2.24, 2.45) is 0 Å². The Labute approximate surface area is 164 Å². The summed E-state index contributed by atoms with van der Waals surface area (Å²) < 4.78 is 0. The second-order valence-electron chi connectivity index (χ2n) is 7.02. The van der Waals surface area contributed by atoms with Gasteiger partial charge in [-0.15, -0.1) is 0 Å². The lowest BCUT2D eigenvalue weighted by Crippen LogP contribution is -2.70. The van der Waals surface area contributed by atoms with Crippen LogP contribution in [0.3, 0.4) is 0 Å². The second-order valence-corrected chi connectivity index (χ2v) is 7.02. The maximum Gasteiger partial charge on any atom is 0.333 e. The first-order valence-corrected chi connectivity index (χ1v) is 9.26. The molecule has 28 heavy (non-hydrogen) atoms. The molecule has 3 rings (SSSR count). The Hall–Kier alpha value is -3.10. The van der Waals surface area contributed by atoms with Crippen molar-refractivity contribution in [3.63, 3.8) is 0 Å². The average Bonchev–Trinajstić information content (AvgIpc) is 2.67. The van der Waals surface area contributed by atoms with Crippen LogP contribution < -0.4 is 21.5 Å². The quantitative estimate of drug-likeness (QED) is 0.654. The van der Waals surface area contributed by atoms with Crippen molar-refractivity contribution in [2.45, 2.75) is 25.9 Å². The maximum absolute atomic E-state index is 12.4. The van der Waals surface area contributed by atoms with Crippen molar-refractivity contribution < 1.29 is 9.59 Å². The molecule has 0 atom stereocenters. The standard InChI is InChI=1S/C20H26N6O2/c1-20(2)25(23-18(27)21-16-10-5-3-6-11-16)14-9-15-26(20)24-19(28)22-17-12-7-4-8-13-17/h3-8,10-13H,9,14-15H2,1-2H3,(H2,21,23,27)(H2,22,24,28). The van der Waals surface area contributed by atoms with Gasteiger partial charge in [0.2, 0.25) is 0 Å². The Balaban J connectivity index is 1.58. The van der Waals surface area contributed by atoms with Gasteiger partial charge in [-0.25, -0.2) is 9.59 Å². The molecule has 0 radical (unpaired) electrons. The predicted octanol–water partition coefficient (Wildman–Crippen LogP) is 3.20. The monoisotopic (exact) mass is 382 g/mol. The van der Waals surface area contributed by atoms with E-state index in [4.69, 9.17) is 0 Å². The summed E-state index contributed by atoms with van der Waals surface area (Å²) in [5, 5.41) is 9.24. The van der Waals surface area contributed by atoms with Crippen LogP contribution >= 0.6 is 0 Å². The third-order valence-electron chi connectivity index (χ3n) is 4.62. The minimum Gasteiger partial charge on any atom is -0.307 e. The summed E-state index contributed by atoms with van der Waals surface area (Å²) in [5.41, 5.74) is 6.58. The van der Waals surface area contributed by atoms with Crippen molar-refractivity contribution in [3.05, 3.63) is 60.7 Å². The van der Waals surface area contributed by atoms with Gasteiger partial charge in [0, 0.05) is 24.5 Å². The number of nitrogens with zero attached hydrogens (tertiary/aromatic N) is 2. The Bertz CT molecular complexity index is 731. The van der Waals surface area contributed by atoms with Gasteiger partial charge >= 0.3 is 12.1 Å². The first-order chi connectivity index (χ1) is 13.4. The third kappa shape index (κ3) is 4.99. The van der Waals surface area contributed by atoms with E-state index in [2.05, 4.69) is 21.5 Å². The zero-order valence-electron chi connectivity index (χ0n) is 16.1. The summed E-state index contributed by atoms with van der Waals surface area (Å²) in [4.78, 5) is 24.7. The van der Waals surface area contributed by atoms with E-state index < -0.39 is 5.66 Å². The molecule has 8 nitrogen and oxygen atoms in total. The summed E-state index contributed by atoms with van der Waals surface area (Å²) in [5.74, 6) is 0. The lowest BCUT2D eigenvalue weighted by Gasteiger charge is -2.49. The van der Waals surface area contributed by atoms with E-state index in [1.165, 1.54) is 0 Å². The number of hydrogen-bond donors (Lipinski definition) is 4. The van der Waals surface area contributed by atoms with E-state index in [9.17, 15) is 9.59 Å². The summed E-state index contributed by atoms with van der Waals surface area (Å²) in [6.07, 6.45) is 0.792. The molecule has 2 aromatic carbocycles. The minimum absolute atomic E-state index is 0.324. The fraction of sp³-hybridized carbons (Fsp3) is 0.300. The number of rotatable bonds is 4. The molecule has 0 aliphatic carbocycles. The van der Waals surface area contributed by atoms with Crippen LogP contribution in [0.25, 0.3) is 0 Å². The summed E-state index contributed by atoms with van der Waals surface area (Å²) >= 11 is 0. The molecule has 2 aromatic rings. The minimum atomic E-state index is -0.611. The van der Waals surface area contributed by atoms with Crippen molar-refractivity contribution in [1.82, 2.24) is 20.9 Å². The molecule has 1 heterocycles. The highest BCUT2D eigenvalue weighted by Crippen LogP contribution is 2.22. The van der Waals surface area contributed by atoms with Crippen LogP contribution in [0.4, 0.5) is 21.0 Å². The van der Waals surface area contributed by atoms with Crippen LogP contribution in [0.2, 0.25) is 0 Å². The van der Waals surface area contributed by atoms with E-state index in [0.29, 0.717) is 24.5 Å². The number of nitrogens with one attached hydrogen (secondary N) is 4. The van der Waals surface area contributed by atoms with Gasteiger partial charge in [-0.3, -0.25) is 10.9 Å². The van der Waals surface area contributed by atoms with Gasteiger partial charge in [-0.1, -0.05) is 36.4 Å². The SMILES string of the molecule is CC1(C)N(NC(=O)Nc2ccccc2)CCCN1NC(=O)Nc1ccccc1. The summed E-state index contributed by atoms with van der Waals surface area (Å²) in [6, 6.07) is 17.9. The van der Waals surface area contributed by atoms with Gasteiger partial charge in [0.25, 0.3) is 0 Å². The topological polar surface area (TPSA) is 88.7 Å². The van der Waals surface area contributed by atoms with Crippen LogP contribution in [-0.2, 0) is 0 Å². The molecule has 8 heteroatoms. The Morgan fingerprint density at radius 1 is 0.750 bits per heavy atom. The highest BCUT2D eigenvalue weighted by Gasteiger charge is 2.38. The highest BCUT2D eigenvalue weighted by atomic mass is 16.2. The van der Waals surface area contributed by atoms with Gasteiger partial charge in [0.1, 0.15) is 5.66 Å². The van der Waals surface area contributed by atoms with Crippen molar-refractivity contribution in [2.75, 3.05) is 23.7 Å². The Morgan fingerprint density at radius 2 is 1.14 bits per heavy atom. The van der Waals surface area contributed by atoms with E-state index in [0.717, 1.165) is 6.42 Å². The molecule has 0 spiro atoms. The highest BCUT2D eigenvalue weighted by molar-refractivity contribution is 5.89. The van der Waals surface area contributed by atoms with Gasteiger partial charge in [0.15, 0.2) is 0 Å². The van der Waals surface area contributed by atoms with Crippen LogP contribution in [0, 0.1) is 0 Å². The molecule has 148 valence electrons. The van der Waals surface area contributed by atoms with E-state index in [1.807, 2.05) is 84.5 Å². The zero-order valence-corrected chi connectivity index (χ0v) is 16.1. The van der Waals surface area contributed by atoms with Gasteiger partial charge in [-0.05, 0) is 44.5 Å². The number of amides is 4. The largest absolute Gasteiger partial charge is 0.333 e. The lowest BCUT2D eigenvalue weighted by molar-refractivity contribution is -0.103. The molecule has 4 amide bonds. The molecule has 0 bridgehead atoms. The summed E-state index contributed by atoms with van der Waals surface area (Å²) in [7, 11) is 0. The number of benzene rings is 2. The molecule has 1 aliphatic rings. The maximum atomic E-state index is 12.4. The molecule has 1 saturated heterocycles. The van der Waals surface area contributed by atoms with Crippen LogP contribution in [-0.4, -0.2) is 40.8 Å². The fourth-order valence-electron chi connectivity index (χ4n) is 3.07. The third-order valence-corrected chi connectivity index (χ3v) is 4.62. The van der Waals surface area contributed by atoms with Crippen LogP contribution in [0.1, 0.15) is 20.3 Å². The first-order valence-electron chi connectivity index (χ1n) is 9.26. The molecule has 1 fully saturated rings. The second kappa shape index (κ2) is 8.73. The Morgan fingerprint density at radius 3 is 1.54 bits per heavy atom. The number of carbonyl (C=O) groups excluding carboxylic acids is 2. The molecule has 0 aromatic heterocycles. The molecule has 1 aliphatic heterocycles. The van der Waals surface area contributed by atoms with Crippen molar-refractivity contribution in [3.8, 4) is 0 Å². The number of hydrogen-bond acceptors (Lipinski definition) is 4. The summed E-state index contributed by atoms with van der Waals surface area (Å²) in [6.45, 7) is 5.23. The van der Waals surface area contributed by atoms with E-state index >= 15 is 0 Å². The van der Waals surface area contributed by atoms with Gasteiger partial charge in [0.05, 0.1) is 0 Å². The Kier molecular flexibility index (Phi) is 6.13. The van der Waals surface area contributed by atoms with Crippen LogP contribution in [0.5, 0.6) is 0 Å². The van der Waals surface area contributed by atoms with E-state index in [-0.39, 0.29) is 12.1 Å². The first kappa shape index (κ1) is 19.7. The lowest BCUT2D eigenvalue weighted by atomic mass is 10.1. The number of para-hydroxylation sites is 2. The van der Waals surface area contributed by atoms with Crippen LogP contribution in [0.15, 0.2) is 60.7 Å². The van der Waals surface area contributed by atoms with Crippen molar-refractivity contribution >= 4 is 23.4 Å². The fourth-order valence-corrected chi connectivity index (χ4v) is 3.07. The zero-order chi connectivity index (χ0) is 20.0. The van der Waals surface area contributed by atoms with Crippen molar-refractivity contribution in [1.29, 1.82) is 0 Å². The molecular formula is C20H26N6O2. The normalized spacial score (nSPS) is 16.8. The number of anilines is 2. The predicted molar refractivity (Wildman–Crippen MR) is 109 cm³/mol. The number of carbonyl (C=O) groups is 2. The average molecular weight is 382 g/mol. The molecule has 4 N–H and O–H groups in total.